The summed E-state index contributed by atoms with van der Waals surface area (Å²) in [5, 5.41) is 5.37. The molecule has 1 fully saturated rings. The predicted octanol–water partition coefficient (Wildman–Crippen LogP) is 3.58. The first-order valence-electron chi connectivity index (χ1n) is 10.1. The van der Waals surface area contributed by atoms with Crippen molar-refractivity contribution >= 4 is 28.5 Å². The van der Waals surface area contributed by atoms with E-state index in [0.717, 1.165) is 47.4 Å². The highest BCUT2D eigenvalue weighted by Gasteiger charge is 2.30. The lowest BCUT2D eigenvalue weighted by Crippen LogP contribution is -2.38. The summed E-state index contributed by atoms with van der Waals surface area (Å²) in [6.45, 7) is 1.12. The van der Waals surface area contributed by atoms with Crippen molar-refractivity contribution < 1.29 is 8.78 Å². The first kappa shape index (κ1) is 19.4. The fraction of sp³-hybridized carbons (Fsp3) is 0.429. The molecule has 0 saturated carbocycles. The Morgan fingerprint density at radius 2 is 2.10 bits per heavy atom. The highest BCUT2D eigenvalue weighted by atomic mass is 32.2. The van der Waals surface area contributed by atoms with Gasteiger partial charge < -0.3 is 4.90 Å². The Hall–Kier alpha value is -2.55. The molecule has 0 spiro atoms. The second kappa shape index (κ2) is 7.94. The van der Waals surface area contributed by atoms with Crippen LogP contribution in [0.1, 0.15) is 36.3 Å². The van der Waals surface area contributed by atoms with E-state index in [4.69, 9.17) is 0 Å². The molecule has 2 aliphatic heterocycles. The van der Waals surface area contributed by atoms with Crippen LogP contribution >= 0.6 is 11.8 Å². The standard InChI is InChI=1S/C21H21F2N5OS/c22-19(23)20-24-17-6-2-1-5-15(17)21(25-20)27-8-3-4-14(27)11-28-18(29)10-13-12-30-9-7-16(13)26-28/h1-2,5-6,10,14,19H,3-4,7-9,11-12H2. The molecule has 1 atom stereocenters. The molecule has 1 unspecified atom stereocenters. The first-order valence-corrected chi connectivity index (χ1v) is 11.2. The summed E-state index contributed by atoms with van der Waals surface area (Å²) in [4.78, 5) is 22.9. The molecule has 0 N–H and O–H groups in total. The summed E-state index contributed by atoms with van der Waals surface area (Å²) in [6.07, 6.45) is -0.118. The molecule has 2 aliphatic rings. The molecule has 0 aliphatic carbocycles. The van der Waals surface area contributed by atoms with E-state index < -0.39 is 12.2 Å². The number of aromatic nitrogens is 4. The van der Waals surface area contributed by atoms with Crippen molar-refractivity contribution in [2.75, 3.05) is 17.2 Å². The molecular weight excluding hydrogens is 408 g/mol. The van der Waals surface area contributed by atoms with Gasteiger partial charge in [-0.2, -0.15) is 16.9 Å². The van der Waals surface area contributed by atoms with Crippen LogP contribution in [0.15, 0.2) is 35.1 Å². The minimum absolute atomic E-state index is 0.0324. The van der Waals surface area contributed by atoms with Gasteiger partial charge in [0.15, 0.2) is 5.82 Å². The number of fused-ring (bicyclic) bond motifs is 2. The van der Waals surface area contributed by atoms with E-state index in [1.165, 1.54) is 4.68 Å². The zero-order valence-electron chi connectivity index (χ0n) is 16.3. The van der Waals surface area contributed by atoms with Gasteiger partial charge in [-0.05, 0) is 36.3 Å². The maximum Gasteiger partial charge on any atom is 0.297 e. The molecule has 1 aromatic carbocycles. The van der Waals surface area contributed by atoms with Crippen molar-refractivity contribution in [2.24, 2.45) is 0 Å². The van der Waals surface area contributed by atoms with Crippen molar-refractivity contribution in [1.82, 2.24) is 19.7 Å². The molecular formula is C21H21F2N5OS. The maximum absolute atomic E-state index is 13.4. The van der Waals surface area contributed by atoms with E-state index in [1.807, 2.05) is 28.8 Å². The van der Waals surface area contributed by atoms with Gasteiger partial charge in [0.25, 0.3) is 12.0 Å². The van der Waals surface area contributed by atoms with E-state index in [1.54, 1.807) is 18.2 Å². The average Bonchev–Trinajstić information content (AvgIpc) is 3.21. The van der Waals surface area contributed by atoms with Crippen LogP contribution in [0, 0.1) is 0 Å². The first-order chi connectivity index (χ1) is 14.6. The molecule has 1 saturated heterocycles. The quantitative estimate of drug-likeness (QED) is 0.632. The summed E-state index contributed by atoms with van der Waals surface area (Å²) in [5.41, 5.74) is 2.42. The Kier molecular flexibility index (Phi) is 5.14. The van der Waals surface area contributed by atoms with Gasteiger partial charge in [0, 0.05) is 30.2 Å². The second-order valence-corrected chi connectivity index (χ2v) is 8.76. The Bertz CT molecular complexity index is 1150. The Morgan fingerprint density at radius 1 is 1.23 bits per heavy atom. The molecule has 156 valence electrons. The number of hydrogen-bond acceptors (Lipinski definition) is 6. The van der Waals surface area contributed by atoms with Crippen molar-refractivity contribution in [3.05, 3.63) is 57.8 Å². The number of halogens is 2. The zero-order chi connectivity index (χ0) is 20.7. The van der Waals surface area contributed by atoms with E-state index in [-0.39, 0.29) is 11.6 Å². The van der Waals surface area contributed by atoms with Crippen LogP contribution in [0.25, 0.3) is 10.9 Å². The number of nitrogens with zero attached hydrogens (tertiary/aromatic N) is 5. The summed E-state index contributed by atoms with van der Waals surface area (Å²) in [7, 11) is 0. The molecule has 0 amide bonds. The lowest BCUT2D eigenvalue weighted by molar-refractivity contribution is 0.141. The number of alkyl halides is 2. The Labute approximate surface area is 176 Å². The average molecular weight is 429 g/mol. The highest BCUT2D eigenvalue weighted by molar-refractivity contribution is 7.98. The van der Waals surface area contributed by atoms with Crippen LogP contribution in [0.2, 0.25) is 0 Å². The van der Waals surface area contributed by atoms with Crippen molar-refractivity contribution in [3.63, 3.8) is 0 Å². The predicted molar refractivity (Wildman–Crippen MR) is 113 cm³/mol. The Balaban J connectivity index is 1.51. The van der Waals surface area contributed by atoms with Gasteiger partial charge in [0.2, 0.25) is 0 Å². The summed E-state index contributed by atoms with van der Waals surface area (Å²) < 4.78 is 28.4. The molecule has 5 rings (SSSR count). The lowest BCUT2D eigenvalue weighted by Gasteiger charge is -2.27. The number of aryl methyl sites for hydroxylation is 1. The largest absolute Gasteiger partial charge is 0.351 e. The molecule has 3 aromatic rings. The van der Waals surface area contributed by atoms with Crippen LogP contribution in [-0.4, -0.2) is 38.1 Å². The highest BCUT2D eigenvalue weighted by Crippen LogP contribution is 2.32. The lowest BCUT2D eigenvalue weighted by atomic mass is 10.1. The third-order valence-corrected chi connectivity index (χ3v) is 6.74. The molecule has 9 heteroatoms. The number of benzene rings is 1. The fourth-order valence-electron chi connectivity index (χ4n) is 4.28. The van der Waals surface area contributed by atoms with Crippen LogP contribution in [0.4, 0.5) is 14.6 Å². The van der Waals surface area contributed by atoms with Gasteiger partial charge in [-0.3, -0.25) is 4.79 Å². The normalized spacial score (nSPS) is 18.9. The number of anilines is 1. The van der Waals surface area contributed by atoms with Crippen molar-refractivity contribution in [2.45, 2.75) is 44.0 Å². The van der Waals surface area contributed by atoms with Crippen LogP contribution < -0.4 is 10.5 Å². The Morgan fingerprint density at radius 3 is 2.97 bits per heavy atom. The van der Waals surface area contributed by atoms with Gasteiger partial charge in [-0.25, -0.2) is 23.4 Å². The summed E-state index contributed by atoms with van der Waals surface area (Å²) in [6, 6.07) is 8.89. The van der Waals surface area contributed by atoms with Gasteiger partial charge in [-0.1, -0.05) is 12.1 Å². The second-order valence-electron chi connectivity index (χ2n) is 7.65. The third kappa shape index (κ3) is 3.55. The molecule has 6 nitrogen and oxygen atoms in total. The van der Waals surface area contributed by atoms with Crippen LogP contribution in [-0.2, 0) is 18.7 Å². The maximum atomic E-state index is 13.4. The van der Waals surface area contributed by atoms with E-state index in [9.17, 15) is 13.6 Å². The van der Waals surface area contributed by atoms with Crippen molar-refractivity contribution in [1.29, 1.82) is 0 Å². The SMILES string of the molecule is O=c1cc2c(nn1CC1CCCN1c1nc(C(F)F)nc3ccccc13)CCSC2. The van der Waals surface area contributed by atoms with E-state index >= 15 is 0 Å². The number of para-hydroxylation sites is 1. The van der Waals surface area contributed by atoms with E-state index in [2.05, 4.69) is 15.1 Å². The summed E-state index contributed by atoms with van der Waals surface area (Å²) in [5.74, 6) is 1.89. The molecule has 30 heavy (non-hydrogen) atoms. The molecule has 2 aromatic heterocycles. The van der Waals surface area contributed by atoms with Gasteiger partial charge in [-0.15, -0.1) is 0 Å². The zero-order valence-corrected chi connectivity index (χ0v) is 17.1. The molecule has 0 radical (unpaired) electrons. The number of thioether (sulfide) groups is 1. The van der Waals surface area contributed by atoms with Gasteiger partial charge >= 0.3 is 0 Å². The smallest absolute Gasteiger partial charge is 0.297 e. The molecule has 4 heterocycles. The van der Waals surface area contributed by atoms with Gasteiger partial charge in [0.1, 0.15) is 5.82 Å². The topological polar surface area (TPSA) is 63.9 Å². The monoisotopic (exact) mass is 429 g/mol. The van der Waals surface area contributed by atoms with Gasteiger partial charge in [0.05, 0.1) is 23.8 Å². The number of hydrogen-bond donors (Lipinski definition) is 0. The third-order valence-electron chi connectivity index (χ3n) is 5.73. The summed E-state index contributed by atoms with van der Waals surface area (Å²) >= 11 is 1.82. The minimum atomic E-state index is -2.74. The number of rotatable bonds is 4. The molecule has 0 bridgehead atoms. The minimum Gasteiger partial charge on any atom is -0.351 e. The van der Waals surface area contributed by atoms with Crippen LogP contribution in [0.5, 0.6) is 0 Å². The van der Waals surface area contributed by atoms with E-state index in [0.29, 0.717) is 24.4 Å². The van der Waals surface area contributed by atoms with Crippen LogP contribution in [0.3, 0.4) is 0 Å². The van der Waals surface area contributed by atoms with Crippen molar-refractivity contribution in [3.8, 4) is 0 Å². The fourth-order valence-corrected chi connectivity index (χ4v) is 5.23.